The van der Waals surface area contributed by atoms with E-state index in [0.29, 0.717) is 6.54 Å². The molecule has 0 heterocycles. The summed E-state index contributed by atoms with van der Waals surface area (Å²) in [5, 5.41) is 6.42. The molecule has 1 aromatic carbocycles. The Morgan fingerprint density at radius 2 is 2.28 bits per heavy atom. The monoisotopic (exact) mass is 311 g/mol. The summed E-state index contributed by atoms with van der Waals surface area (Å²) in [5.74, 6) is -0.490. The van der Waals surface area contributed by atoms with Crippen molar-refractivity contribution in [1.82, 2.24) is 5.32 Å². The molecule has 0 radical (unpaired) electrons. The lowest BCUT2D eigenvalue weighted by Crippen LogP contribution is -2.51. The number of hydrogen-bond acceptors (Lipinski definition) is 3. The zero-order valence-corrected chi connectivity index (χ0v) is 11.5. The predicted molar refractivity (Wildman–Crippen MR) is 72.7 cm³/mol. The van der Waals surface area contributed by atoms with Gasteiger partial charge < -0.3 is 5.73 Å². The maximum absolute atomic E-state index is 11.7. The third-order valence-electron chi connectivity index (χ3n) is 2.66. The van der Waals surface area contributed by atoms with Crippen LogP contribution in [0.5, 0.6) is 0 Å². The first-order chi connectivity index (χ1) is 8.52. The zero-order chi connectivity index (χ0) is 13.6. The molecule has 18 heavy (non-hydrogen) atoms. The molecular formula is C11H14BrN5O. The molecule has 0 aliphatic carbocycles. The highest BCUT2D eigenvalue weighted by atomic mass is 79.9. The van der Waals surface area contributed by atoms with Crippen molar-refractivity contribution >= 4 is 21.8 Å². The summed E-state index contributed by atoms with van der Waals surface area (Å²) < 4.78 is 0.794. The number of nitrogens with one attached hydrogen (secondary N) is 1. The minimum Gasteiger partial charge on any atom is -0.368 e. The Balaban J connectivity index is 2.97. The van der Waals surface area contributed by atoms with Crippen LogP contribution in [0, 0.1) is 0 Å². The molecule has 0 saturated heterocycles. The van der Waals surface area contributed by atoms with Gasteiger partial charge in [0.25, 0.3) is 0 Å². The normalized spacial score (nSPS) is 13.4. The van der Waals surface area contributed by atoms with Gasteiger partial charge in [-0.25, -0.2) is 0 Å². The maximum Gasteiger partial charge on any atom is 0.242 e. The van der Waals surface area contributed by atoms with E-state index in [1.54, 1.807) is 6.92 Å². The fourth-order valence-electron chi connectivity index (χ4n) is 1.58. The Kier molecular flexibility index (Phi) is 5.15. The fourth-order valence-corrected chi connectivity index (χ4v) is 2.26. The van der Waals surface area contributed by atoms with Crippen molar-refractivity contribution in [1.29, 1.82) is 0 Å². The van der Waals surface area contributed by atoms with Crippen molar-refractivity contribution in [3.63, 3.8) is 0 Å². The maximum atomic E-state index is 11.7. The molecule has 1 atom stereocenters. The molecule has 3 N–H and O–H groups in total. The first-order valence-electron chi connectivity index (χ1n) is 5.33. The molecule has 0 spiro atoms. The molecule has 7 heteroatoms. The van der Waals surface area contributed by atoms with E-state index in [4.69, 9.17) is 11.3 Å². The molecular weight excluding hydrogens is 298 g/mol. The average molecular weight is 312 g/mol. The third-order valence-corrected chi connectivity index (χ3v) is 3.35. The average Bonchev–Trinajstić information content (AvgIpc) is 2.34. The van der Waals surface area contributed by atoms with Crippen LogP contribution in [0.15, 0.2) is 33.9 Å². The van der Waals surface area contributed by atoms with Crippen molar-refractivity contribution in [3.8, 4) is 0 Å². The highest BCUT2D eigenvalue weighted by Gasteiger charge is 2.33. The van der Waals surface area contributed by atoms with Gasteiger partial charge >= 0.3 is 0 Å². The molecule has 0 aliphatic rings. The highest BCUT2D eigenvalue weighted by Crippen LogP contribution is 2.27. The molecule has 1 rings (SSSR count). The van der Waals surface area contributed by atoms with Gasteiger partial charge in [-0.15, -0.1) is 0 Å². The lowest BCUT2D eigenvalue weighted by atomic mass is 9.91. The summed E-state index contributed by atoms with van der Waals surface area (Å²) in [6, 6.07) is 7.34. The van der Waals surface area contributed by atoms with Crippen LogP contribution in [-0.2, 0) is 10.3 Å². The van der Waals surface area contributed by atoms with Gasteiger partial charge in [-0.05, 0) is 24.1 Å². The summed E-state index contributed by atoms with van der Waals surface area (Å²) in [5.41, 5.74) is 13.4. The topological polar surface area (TPSA) is 104 Å². The summed E-state index contributed by atoms with van der Waals surface area (Å²) in [7, 11) is 0. The van der Waals surface area contributed by atoms with Gasteiger partial charge in [-0.3, -0.25) is 10.1 Å². The number of nitrogens with zero attached hydrogens (tertiary/aromatic N) is 3. The van der Waals surface area contributed by atoms with Gasteiger partial charge in [0, 0.05) is 22.5 Å². The van der Waals surface area contributed by atoms with Gasteiger partial charge in [0.2, 0.25) is 5.91 Å². The number of benzene rings is 1. The van der Waals surface area contributed by atoms with Crippen LogP contribution < -0.4 is 11.1 Å². The van der Waals surface area contributed by atoms with E-state index >= 15 is 0 Å². The number of nitrogens with two attached hydrogens (primary N) is 1. The van der Waals surface area contributed by atoms with Gasteiger partial charge in [-0.1, -0.05) is 39.2 Å². The fraction of sp³-hybridized carbons (Fsp3) is 0.364. The van der Waals surface area contributed by atoms with E-state index in [2.05, 4.69) is 31.3 Å². The Labute approximate surface area is 113 Å². The van der Waals surface area contributed by atoms with Crippen molar-refractivity contribution < 1.29 is 4.79 Å². The van der Waals surface area contributed by atoms with E-state index in [1.807, 2.05) is 24.3 Å². The zero-order valence-electron chi connectivity index (χ0n) is 9.93. The number of carbonyl (C=O) groups excluding carboxylic acids is 1. The third kappa shape index (κ3) is 3.22. The van der Waals surface area contributed by atoms with Crippen molar-refractivity contribution in [2.45, 2.75) is 12.5 Å². The second kappa shape index (κ2) is 6.39. The van der Waals surface area contributed by atoms with Gasteiger partial charge in [0.05, 0.1) is 0 Å². The number of azide groups is 1. The lowest BCUT2D eigenvalue weighted by Gasteiger charge is -2.28. The molecule has 1 amide bonds. The molecule has 1 unspecified atom stereocenters. The molecule has 0 bridgehead atoms. The number of primary amides is 1. The second-order valence-electron chi connectivity index (χ2n) is 3.85. The van der Waals surface area contributed by atoms with Gasteiger partial charge in [0.1, 0.15) is 5.54 Å². The summed E-state index contributed by atoms with van der Waals surface area (Å²) in [6.45, 7) is 2.32. The predicted octanol–water partition coefficient (Wildman–Crippen LogP) is 2.05. The molecule has 0 aromatic heterocycles. The van der Waals surface area contributed by atoms with Crippen LogP contribution in [0.25, 0.3) is 10.4 Å². The quantitative estimate of drug-likeness (QED) is 0.363. The standard InChI is InChI=1S/C11H14BrN5O/c1-11(10(13)18,15-6-7-16-17-14)8-4-2-3-5-9(8)12/h2-5,15H,6-7H2,1H3,(H2,13,18). The van der Waals surface area contributed by atoms with Gasteiger partial charge in [-0.2, -0.15) is 0 Å². The number of carbonyl (C=O) groups is 1. The summed E-state index contributed by atoms with van der Waals surface area (Å²) in [4.78, 5) is 14.3. The SMILES string of the molecule is CC(NCCN=[N+]=[N-])(C(N)=O)c1ccccc1Br. The summed E-state index contributed by atoms with van der Waals surface area (Å²) in [6.07, 6.45) is 0. The Morgan fingerprint density at radius 1 is 1.61 bits per heavy atom. The van der Waals surface area contributed by atoms with Crippen molar-refractivity contribution in [3.05, 3.63) is 44.7 Å². The summed E-state index contributed by atoms with van der Waals surface area (Å²) >= 11 is 3.39. The van der Waals surface area contributed by atoms with E-state index in [1.165, 1.54) is 0 Å². The van der Waals surface area contributed by atoms with Crippen LogP contribution in [0.2, 0.25) is 0 Å². The molecule has 0 aliphatic heterocycles. The van der Waals surface area contributed by atoms with E-state index in [0.717, 1.165) is 10.0 Å². The minimum atomic E-state index is -1.01. The lowest BCUT2D eigenvalue weighted by molar-refractivity contribution is -0.124. The number of rotatable bonds is 6. The van der Waals surface area contributed by atoms with Crippen LogP contribution in [0.1, 0.15) is 12.5 Å². The molecule has 0 saturated carbocycles. The Bertz CT molecular complexity index is 486. The van der Waals surface area contributed by atoms with Crippen LogP contribution in [0.3, 0.4) is 0 Å². The van der Waals surface area contributed by atoms with Crippen LogP contribution in [-0.4, -0.2) is 19.0 Å². The Morgan fingerprint density at radius 3 is 2.83 bits per heavy atom. The van der Waals surface area contributed by atoms with Crippen LogP contribution in [0.4, 0.5) is 0 Å². The number of amides is 1. The molecule has 6 nitrogen and oxygen atoms in total. The van der Waals surface area contributed by atoms with Crippen molar-refractivity contribution in [2.24, 2.45) is 10.8 Å². The van der Waals surface area contributed by atoms with Crippen LogP contribution >= 0.6 is 15.9 Å². The minimum absolute atomic E-state index is 0.254. The molecule has 96 valence electrons. The second-order valence-corrected chi connectivity index (χ2v) is 4.70. The number of hydrogen-bond donors (Lipinski definition) is 2. The largest absolute Gasteiger partial charge is 0.368 e. The van der Waals surface area contributed by atoms with E-state index in [-0.39, 0.29) is 6.54 Å². The van der Waals surface area contributed by atoms with Crippen molar-refractivity contribution in [2.75, 3.05) is 13.1 Å². The first-order valence-corrected chi connectivity index (χ1v) is 6.12. The van der Waals surface area contributed by atoms with E-state index < -0.39 is 11.4 Å². The first kappa shape index (κ1) is 14.5. The highest BCUT2D eigenvalue weighted by molar-refractivity contribution is 9.10. The van der Waals surface area contributed by atoms with Gasteiger partial charge in [0.15, 0.2) is 0 Å². The smallest absolute Gasteiger partial charge is 0.242 e. The number of halogens is 1. The molecule has 0 fully saturated rings. The molecule has 1 aromatic rings. The van der Waals surface area contributed by atoms with E-state index in [9.17, 15) is 4.79 Å². The Hall–Kier alpha value is -1.56.